The zero-order chi connectivity index (χ0) is 9.97. The fourth-order valence-corrected chi connectivity index (χ4v) is 2.48. The highest BCUT2D eigenvalue weighted by atomic mass is 15.1. The molecule has 0 radical (unpaired) electrons. The van der Waals surface area contributed by atoms with Gasteiger partial charge in [-0.05, 0) is 30.4 Å². The molecule has 1 aliphatic rings. The van der Waals surface area contributed by atoms with E-state index >= 15 is 0 Å². The molecule has 1 fully saturated rings. The lowest BCUT2D eigenvalue weighted by molar-refractivity contribution is 0.721. The first kappa shape index (κ1) is 9.57. The van der Waals surface area contributed by atoms with Crippen molar-refractivity contribution in [2.75, 3.05) is 19.0 Å². The monoisotopic (exact) mass is 189 g/mol. The van der Waals surface area contributed by atoms with Gasteiger partial charge in [-0.2, -0.15) is 0 Å². The second-order valence-corrected chi connectivity index (χ2v) is 4.43. The number of anilines is 1. The van der Waals surface area contributed by atoms with Crippen molar-refractivity contribution in [1.82, 2.24) is 0 Å². The molecule has 76 valence electrons. The molecule has 0 aromatic heterocycles. The third kappa shape index (κ3) is 1.77. The summed E-state index contributed by atoms with van der Waals surface area (Å²) in [6.07, 6.45) is 5.58. The van der Waals surface area contributed by atoms with Crippen molar-refractivity contribution in [2.24, 2.45) is 0 Å². The summed E-state index contributed by atoms with van der Waals surface area (Å²) in [4.78, 5) is 2.23. The van der Waals surface area contributed by atoms with Crippen LogP contribution in [0.5, 0.6) is 0 Å². The van der Waals surface area contributed by atoms with Crippen molar-refractivity contribution in [3.63, 3.8) is 0 Å². The van der Waals surface area contributed by atoms with Crippen molar-refractivity contribution < 1.29 is 0 Å². The van der Waals surface area contributed by atoms with Gasteiger partial charge in [0.1, 0.15) is 0 Å². The van der Waals surface area contributed by atoms with Gasteiger partial charge in [0.2, 0.25) is 0 Å². The molecule has 1 aromatic rings. The van der Waals surface area contributed by atoms with Crippen LogP contribution in [-0.2, 0) is 0 Å². The molecule has 0 heterocycles. The van der Waals surface area contributed by atoms with Gasteiger partial charge in [0, 0.05) is 19.8 Å². The lowest BCUT2D eigenvalue weighted by Crippen LogP contribution is -2.12. The Balaban J connectivity index is 2.30. The van der Waals surface area contributed by atoms with E-state index in [1.807, 2.05) is 0 Å². The molecule has 1 saturated carbocycles. The molecule has 14 heavy (non-hydrogen) atoms. The van der Waals surface area contributed by atoms with Crippen LogP contribution in [0.15, 0.2) is 24.3 Å². The third-order valence-electron chi connectivity index (χ3n) is 3.21. The Kier molecular flexibility index (Phi) is 2.76. The predicted octanol–water partition coefficient (Wildman–Crippen LogP) is 3.41. The minimum atomic E-state index is 0.814. The number of rotatable bonds is 2. The lowest BCUT2D eigenvalue weighted by atomic mass is 9.95. The predicted molar refractivity (Wildman–Crippen MR) is 62.0 cm³/mol. The van der Waals surface area contributed by atoms with Gasteiger partial charge in [0.25, 0.3) is 0 Å². The van der Waals surface area contributed by atoms with Gasteiger partial charge in [-0.3, -0.25) is 0 Å². The molecule has 1 aromatic carbocycles. The lowest BCUT2D eigenvalue weighted by Gasteiger charge is -2.20. The standard InChI is InChI=1S/C13H19N/c1-14(2)13-10-6-5-9-12(13)11-7-3-4-8-11/h5-6,9-11H,3-4,7-8H2,1-2H3. The molecule has 0 saturated heterocycles. The van der Waals surface area contributed by atoms with E-state index in [0.717, 1.165) is 5.92 Å². The van der Waals surface area contributed by atoms with Gasteiger partial charge < -0.3 is 4.90 Å². The van der Waals surface area contributed by atoms with Crippen LogP contribution in [0, 0.1) is 0 Å². The minimum Gasteiger partial charge on any atom is -0.377 e. The van der Waals surface area contributed by atoms with Gasteiger partial charge in [-0.15, -0.1) is 0 Å². The molecule has 0 spiro atoms. The van der Waals surface area contributed by atoms with Crippen LogP contribution in [-0.4, -0.2) is 14.1 Å². The Bertz CT molecular complexity index is 298. The topological polar surface area (TPSA) is 3.24 Å². The third-order valence-corrected chi connectivity index (χ3v) is 3.21. The average Bonchev–Trinajstić information content (AvgIpc) is 2.70. The molecular weight excluding hydrogens is 170 g/mol. The quantitative estimate of drug-likeness (QED) is 0.689. The van der Waals surface area contributed by atoms with E-state index in [2.05, 4.69) is 43.3 Å². The second kappa shape index (κ2) is 4.04. The van der Waals surface area contributed by atoms with Crippen LogP contribution in [0.1, 0.15) is 37.2 Å². The van der Waals surface area contributed by atoms with E-state index in [1.54, 1.807) is 5.56 Å². The first-order chi connectivity index (χ1) is 6.79. The summed E-state index contributed by atoms with van der Waals surface area (Å²) >= 11 is 0. The van der Waals surface area contributed by atoms with Gasteiger partial charge in [-0.25, -0.2) is 0 Å². The smallest absolute Gasteiger partial charge is 0.0396 e. The van der Waals surface area contributed by atoms with Crippen LogP contribution in [0.4, 0.5) is 5.69 Å². The molecule has 0 amide bonds. The largest absolute Gasteiger partial charge is 0.377 e. The number of hydrogen-bond acceptors (Lipinski definition) is 1. The van der Waals surface area contributed by atoms with Gasteiger partial charge >= 0.3 is 0 Å². The summed E-state index contributed by atoms with van der Waals surface area (Å²) in [6, 6.07) is 8.83. The van der Waals surface area contributed by atoms with Crippen molar-refractivity contribution in [2.45, 2.75) is 31.6 Å². The van der Waals surface area contributed by atoms with Crippen LogP contribution in [0.2, 0.25) is 0 Å². The molecule has 0 aliphatic heterocycles. The number of hydrogen-bond donors (Lipinski definition) is 0. The maximum atomic E-state index is 2.30. The molecule has 2 rings (SSSR count). The summed E-state index contributed by atoms with van der Waals surface area (Å²) in [7, 11) is 4.27. The van der Waals surface area contributed by atoms with Crippen LogP contribution >= 0.6 is 0 Å². The first-order valence-corrected chi connectivity index (χ1v) is 5.55. The van der Waals surface area contributed by atoms with Crippen molar-refractivity contribution in [3.05, 3.63) is 29.8 Å². The Labute approximate surface area is 86.7 Å². The summed E-state index contributed by atoms with van der Waals surface area (Å²) in [5.41, 5.74) is 2.95. The van der Waals surface area contributed by atoms with Crippen molar-refractivity contribution in [3.8, 4) is 0 Å². The fourth-order valence-electron chi connectivity index (χ4n) is 2.48. The maximum absolute atomic E-state index is 2.30. The minimum absolute atomic E-state index is 0.814. The van der Waals surface area contributed by atoms with Gasteiger partial charge in [0.05, 0.1) is 0 Å². The van der Waals surface area contributed by atoms with E-state index in [4.69, 9.17) is 0 Å². The number of nitrogens with zero attached hydrogens (tertiary/aromatic N) is 1. The molecule has 1 nitrogen and oxygen atoms in total. The molecule has 1 heteroatoms. The van der Waals surface area contributed by atoms with E-state index in [1.165, 1.54) is 31.4 Å². The number of para-hydroxylation sites is 1. The normalized spacial score (nSPS) is 17.3. The zero-order valence-corrected chi connectivity index (χ0v) is 9.16. The molecule has 0 unspecified atom stereocenters. The van der Waals surface area contributed by atoms with Crippen LogP contribution in [0.25, 0.3) is 0 Å². The van der Waals surface area contributed by atoms with Gasteiger partial charge in [-0.1, -0.05) is 31.0 Å². The Hall–Kier alpha value is -0.980. The highest BCUT2D eigenvalue weighted by molar-refractivity contribution is 5.54. The SMILES string of the molecule is CN(C)c1ccccc1C1CCCC1. The summed E-state index contributed by atoms with van der Waals surface area (Å²) in [5, 5.41) is 0. The maximum Gasteiger partial charge on any atom is 0.0396 e. The van der Waals surface area contributed by atoms with Crippen LogP contribution in [0.3, 0.4) is 0 Å². The second-order valence-electron chi connectivity index (χ2n) is 4.43. The van der Waals surface area contributed by atoms with Crippen LogP contribution < -0.4 is 4.90 Å². The molecule has 1 aliphatic carbocycles. The van der Waals surface area contributed by atoms with E-state index < -0.39 is 0 Å². The van der Waals surface area contributed by atoms with Gasteiger partial charge in [0.15, 0.2) is 0 Å². The van der Waals surface area contributed by atoms with E-state index in [9.17, 15) is 0 Å². The Morgan fingerprint density at radius 2 is 1.71 bits per heavy atom. The Morgan fingerprint density at radius 1 is 1.07 bits per heavy atom. The fraction of sp³-hybridized carbons (Fsp3) is 0.538. The Morgan fingerprint density at radius 3 is 2.36 bits per heavy atom. The highest BCUT2D eigenvalue weighted by Gasteiger charge is 2.19. The van der Waals surface area contributed by atoms with E-state index in [0.29, 0.717) is 0 Å². The first-order valence-electron chi connectivity index (χ1n) is 5.55. The van der Waals surface area contributed by atoms with Crippen molar-refractivity contribution in [1.29, 1.82) is 0 Å². The number of benzene rings is 1. The summed E-state index contributed by atoms with van der Waals surface area (Å²) in [6.45, 7) is 0. The molecule has 0 bridgehead atoms. The zero-order valence-electron chi connectivity index (χ0n) is 9.16. The highest BCUT2D eigenvalue weighted by Crippen LogP contribution is 2.38. The average molecular weight is 189 g/mol. The molecule has 0 atom stereocenters. The molecular formula is C13H19N. The van der Waals surface area contributed by atoms with E-state index in [-0.39, 0.29) is 0 Å². The van der Waals surface area contributed by atoms with Crippen molar-refractivity contribution >= 4 is 5.69 Å². The summed E-state index contributed by atoms with van der Waals surface area (Å²) in [5.74, 6) is 0.814. The summed E-state index contributed by atoms with van der Waals surface area (Å²) < 4.78 is 0. The molecule has 0 N–H and O–H groups in total.